The number of ether oxygens (including phenoxy) is 2. The zero-order valence-electron chi connectivity index (χ0n) is 28.6. The molecule has 0 saturated heterocycles. The SMILES string of the molecule is CCCCCCCCCCCCCCCC(=O)OCC(COP(=O)(O)O)OC(=O)CCCCCCCCCCCCCCC.[NaH]. The summed E-state index contributed by atoms with van der Waals surface area (Å²) in [6.07, 6.45) is 31.0. The van der Waals surface area contributed by atoms with Gasteiger partial charge in [-0.3, -0.25) is 14.1 Å². The second kappa shape index (κ2) is 35.4. The monoisotopic (exact) mass is 672 g/mol. The van der Waals surface area contributed by atoms with Gasteiger partial charge in [0, 0.05) is 12.8 Å². The van der Waals surface area contributed by atoms with Crippen molar-refractivity contribution >= 4 is 49.3 Å². The van der Waals surface area contributed by atoms with Crippen LogP contribution < -0.4 is 0 Å². The summed E-state index contributed by atoms with van der Waals surface area (Å²) in [6.45, 7) is 3.68. The third-order valence-electron chi connectivity index (χ3n) is 8.13. The average molecular weight is 673 g/mol. The fourth-order valence-electron chi connectivity index (χ4n) is 5.37. The number of esters is 2. The van der Waals surface area contributed by atoms with E-state index in [1.807, 2.05) is 0 Å². The number of rotatable bonds is 34. The number of hydrogen-bond acceptors (Lipinski definition) is 6. The first-order valence-corrected chi connectivity index (χ1v) is 19.9. The van der Waals surface area contributed by atoms with Crippen molar-refractivity contribution in [2.24, 2.45) is 0 Å². The van der Waals surface area contributed by atoms with Crippen LogP contribution in [0.4, 0.5) is 0 Å². The van der Waals surface area contributed by atoms with Crippen molar-refractivity contribution in [1.82, 2.24) is 0 Å². The van der Waals surface area contributed by atoms with Crippen molar-refractivity contribution in [1.29, 1.82) is 0 Å². The second-order valence-electron chi connectivity index (χ2n) is 12.6. The summed E-state index contributed by atoms with van der Waals surface area (Å²) >= 11 is 0. The first-order valence-electron chi connectivity index (χ1n) is 18.3. The summed E-state index contributed by atoms with van der Waals surface area (Å²) in [5.74, 6) is -0.873. The quantitative estimate of drug-likeness (QED) is 0.0300. The van der Waals surface area contributed by atoms with Gasteiger partial charge in [-0.05, 0) is 12.8 Å². The normalized spacial score (nSPS) is 12.1. The molecule has 0 aliphatic heterocycles. The van der Waals surface area contributed by atoms with Gasteiger partial charge in [0.25, 0.3) is 0 Å². The van der Waals surface area contributed by atoms with Gasteiger partial charge in [-0.2, -0.15) is 0 Å². The predicted octanol–water partition coefficient (Wildman–Crippen LogP) is 9.86. The first-order chi connectivity index (χ1) is 21.3. The topological polar surface area (TPSA) is 119 Å². The molecule has 2 N–H and O–H groups in total. The number of phosphoric ester groups is 1. The molecule has 0 bridgehead atoms. The van der Waals surface area contributed by atoms with E-state index in [1.165, 1.54) is 128 Å². The first kappa shape index (κ1) is 47.2. The zero-order chi connectivity index (χ0) is 32.6. The van der Waals surface area contributed by atoms with Crippen LogP contribution in [0.2, 0.25) is 0 Å². The van der Waals surface area contributed by atoms with E-state index in [1.54, 1.807) is 0 Å². The van der Waals surface area contributed by atoms with Crippen LogP contribution in [0.1, 0.15) is 194 Å². The van der Waals surface area contributed by atoms with Crippen LogP contribution >= 0.6 is 7.82 Å². The summed E-state index contributed by atoms with van der Waals surface area (Å²) < 4.78 is 26.3. The molecule has 0 heterocycles. The van der Waals surface area contributed by atoms with Gasteiger partial charge in [-0.25, -0.2) is 4.57 Å². The van der Waals surface area contributed by atoms with Crippen LogP contribution in [0.3, 0.4) is 0 Å². The van der Waals surface area contributed by atoms with E-state index < -0.39 is 32.5 Å². The molecule has 8 nitrogen and oxygen atoms in total. The van der Waals surface area contributed by atoms with Crippen molar-refractivity contribution < 1.29 is 37.9 Å². The molecule has 0 amide bonds. The van der Waals surface area contributed by atoms with Crippen LogP contribution in [0.5, 0.6) is 0 Å². The minimum atomic E-state index is -4.74. The summed E-state index contributed by atoms with van der Waals surface area (Å²) in [5.41, 5.74) is 0. The van der Waals surface area contributed by atoms with Crippen molar-refractivity contribution in [3.8, 4) is 0 Å². The molecule has 10 heteroatoms. The van der Waals surface area contributed by atoms with Gasteiger partial charge in [0.2, 0.25) is 0 Å². The van der Waals surface area contributed by atoms with Gasteiger partial charge >= 0.3 is 49.3 Å². The Kier molecular flexibility index (Phi) is 37.1. The van der Waals surface area contributed by atoms with Gasteiger partial charge in [-0.15, -0.1) is 0 Å². The van der Waals surface area contributed by atoms with E-state index in [0.717, 1.165) is 32.1 Å². The molecule has 0 rings (SSSR count). The molecule has 1 unspecified atom stereocenters. The Morgan fingerprint density at radius 1 is 0.511 bits per heavy atom. The number of hydrogen-bond donors (Lipinski definition) is 2. The summed E-state index contributed by atoms with van der Waals surface area (Å²) in [5, 5.41) is 0. The van der Waals surface area contributed by atoms with Gasteiger partial charge in [-0.1, -0.05) is 168 Å². The number of phosphoric acid groups is 1. The minimum absolute atomic E-state index is 0. The molecule has 0 saturated carbocycles. The standard InChI is InChI=1S/C35H69O8P.Na.H/c1-3-5-7-9-11-13-15-17-19-21-23-25-27-29-34(36)41-31-33(32-42-44(38,39)40)43-35(37)30-28-26-24-22-20-18-16-14-12-10-8-6-4-2;;/h33H,3-32H2,1-2H3,(H2,38,39,40);;. The van der Waals surface area contributed by atoms with Gasteiger partial charge in [0.15, 0.2) is 6.10 Å². The van der Waals surface area contributed by atoms with E-state index in [4.69, 9.17) is 19.3 Å². The predicted molar refractivity (Wildman–Crippen MR) is 187 cm³/mol. The summed E-state index contributed by atoms with van der Waals surface area (Å²) in [7, 11) is -4.74. The molecule has 1 atom stereocenters. The van der Waals surface area contributed by atoms with Crippen molar-refractivity contribution in [2.45, 2.75) is 200 Å². The Morgan fingerprint density at radius 3 is 1.16 bits per heavy atom. The molecule has 0 aromatic heterocycles. The third-order valence-corrected chi connectivity index (χ3v) is 8.61. The van der Waals surface area contributed by atoms with Crippen molar-refractivity contribution in [2.75, 3.05) is 13.2 Å². The molecule has 0 radical (unpaired) electrons. The molecule has 0 aromatic rings. The number of carbonyl (C=O) groups is 2. The maximum absolute atomic E-state index is 12.3. The Hall–Kier alpha value is 0.0500. The fraction of sp³-hybridized carbons (Fsp3) is 0.943. The van der Waals surface area contributed by atoms with Gasteiger partial charge in [0.05, 0.1) is 6.61 Å². The zero-order valence-corrected chi connectivity index (χ0v) is 29.5. The Morgan fingerprint density at radius 2 is 0.822 bits per heavy atom. The van der Waals surface area contributed by atoms with E-state index in [0.29, 0.717) is 6.42 Å². The molecule has 45 heavy (non-hydrogen) atoms. The summed E-state index contributed by atoms with van der Waals surface area (Å²) in [6, 6.07) is 0. The maximum atomic E-state index is 12.3. The average Bonchev–Trinajstić information content (AvgIpc) is 2.98. The van der Waals surface area contributed by atoms with E-state index >= 15 is 0 Å². The summed E-state index contributed by atoms with van der Waals surface area (Å²) in [4.78, 5) is 42.6. The van der Waals surface area contributed by atoms with Crippen LogP contribution in [0.25, 0.3) is 0 Å². The molecule has 0 fully saturated rings. The Labute approximate surface area is 298 Å². The van der Waals surface area contributed by atoms with Crippen LogP contribution in [0, 0.1) is 0 Å². The Balaban J connectivity index is 0. The molecular weight excluding hydrogens is 602 g/mol. The van der Waals surface area contributed by atoms with Crippen molar-refractivity contribution in [3.05, 3.63) is 0 Å². The van der Waals surface area contributed by atoms with Crippen LogP contribution in [-0.4, -0.2) is 70.6 Å². The molecular formula is C35H70NaO8P. The molecule has 0 aliphatic carbocycles. The third kappa shape index (κ3) is 38.4. The fourth-order valence-corrected chi connectivity index (χ4v) is 5.73. The molecule has 0 aliphatic rings. The van der Waals surface area contributed by atoms with E-state index in [2.05, 4.69) is 18.4 Å². The second-order valence-corrected chi connectivity index (χ2v) is 13.8. The van der Waals surface area contributed by atoms with Crippen LogP contribution in [0.15, 0.2) is 0 Å². The Bertz CT molecular complexity index is 703. The van der Waals surface area contributed by atoms with Crippen molar-refractivity contribution in [3.63, 3.8) is 0 Å². The molecule has 0 aromatic carbocycles. The molecule has 0 spiro atoms. The van der Waals surface area contributed by atoms with Crippen LogP contribution in [-0.2, 0) is 28.2 Å². The number of unbranched alkanes of at least 4 members (excludes halogenated alkanes) is 24. The van der Waals surface area contributed by atoms with Gasteiger partial charge < -0.3 is 19.3 Å². The van der Waals surface area contributed by atoms with E-state index in [9.17, 15) is 14.2 Å². The number of carbonyl (C=O) groups excluding carboxylic acids is 2. The molecule has 264 valence electrons. The van der Waals surface area contributed by atoms with E-state index in [-0.39, 0.29) is 49.0 Å². The van der Waals surface area contributed by atoms with Gasteiger partial charge in [0.1, 0.15) is 6.61 Å².